The Morgan fingerprint density at radius 1 is 1.30 bits per heavy atom. The molecule has 1 aliphatic carbocycles. The second-order valence-corrected chi connectivity index (χ2v) is 5.36. The molecule has 1 saturated carbocycles. The minimum Gasteiger partial charge on any atom is -0.399 e. The van der Waals surface area contributed by atoms with E-state index >= 15 is 0 Å². The van der Waals surface area contributed by atoms with Crippen LogP contribution in [-0.2, 0) is 7.05 Å². The fourth-order valence-electron chi connectivity index (χ4n) is 2.86. The summed E-state index contributed by atoms with van der Waals surface area (Å²) in [4.78, 5) is 24.6. The lowest BCUT2D eigenvalue weighted by molar-refractivity contribution is 0.238. The Morgan fingerprint density at radius 2 is 2.00 bits per heavy atom. The summed E-state index contributed by atoms with van der Waals surface area (Å²) in [5.41, 5.74) is 7.20. The number of hydrogen-bond acceptors (Lipinski definition) is 3. The number of nitrogens with two attached hydrogens (primary N) is 1. The molecule has 106 valence electrons. The normalized spacial score (nSPS) is 15.8. The summed E-state index contributed by atoms with van der Waals surface area (Å²) < 4.78 is 2.63. The molecule has 20 heavy (non-hydrogen) atoms. The van der Waals surface area contributed by atoms with Crippen molar-refractivity contribution in [3.05, 3.63) is 28.7 Å². The molecule has 2 aromatic rings. The number of hydrogen-bond donors (Lipinski definition) is 2. The fourth-order valence-corrected chi connectivity index (χ4v) is 2.86. The van der Waals surface area contributed by atoms with Gasteiger partial charge >= 0.3 is 11.7 Å². The first kappa shape index (κ1) is 12.8. The van der Waals surface area contributed by atoms with Gasteiger partial charge in [-0.15, -0.1) is 0 Å². The number of aromatic nitrogens is 2. The highest BCUT2D eigenvalue weighted by atomic mass is 16.2. The van der Waals surface area contributed by atoms with Crippen molar-refractivity contribution < 1.29 is 4.79 Å². The number of nitrogens with one attached hydrogen (secondary N) is 1. The van der Waals surface area contributed by atoms with Crippen molar-refractivity contribution in [1.82, 2.24) is 14.5 Å². The largest absolute Gasteiger partial charge is 0.399 e. The zero-order valence-corrected chi connectivity index (χ0v) is 11.4. The Balaban J connectivity index is 2.05. The number of anilines is 1. The number of carbonyl (C=O) groups excluding carboxylic acids is 1. The molecule has 1 amide bonds. The van der Waals surface area contributed by atoms with Gasteiger partial charge in [0.25, 0.3) is 0 Å². The summed E-state index contributed by atoms with van der Waals surface area (Å²) >= 11 is 0. The van der Waals surface area contributed by atoms with Gasteiger partial charge < -0.3 is 11.1 Å². The second kappa shape index (κ2) is 4.70. The summed E-state index contributed by atoms with van der Waals surface area (Å²) in [6.07, 6.45) is 4.21. The average molecular weight is 274 g/mol. The van der Waals surface area contributed by atoms with Crippen molar-refractivity contribution in [2.24, 2.45) is 7.05 Å². The van der Waals surface area contributed by atoms with Gasteiger partial charge in [-0.3, -0.25) is 4.57 Å². The van der Waals surface area contributed by atoms with Crippen molar-refractivity contribution in [2.75, 3.05) is 5.73 Å². The predicted octanol–water partition coefficient (Wildman–Crippen LogP) is 1.42. The third kappa shape index (κ3) is 1.97. The Hall–Kier alpha value is -2.24. The highest BCUT2D eigenvalue weighted by molar-refractivity contribution is 5.91. The molecule has 0 unspecified atom stereocenters. The SMILES string of the molecule is Cn1c(=O)n(C(=O)NC2CCCC2)c2cc(N)ccc21. The molecular weight excluding hydrogens is 256 g/mol. The summed E-state index contributed by atoms with van der Waals surface area (Å²) in [6.45, 7) is 0. The van der Waals surface area contributed by atoms with E-state index in [0.717, 1.165) is 25.7 Å². The van der Waals surface area contributed by atoms with Gasteiger partial charge in [0.1, 0.15) is 0 Å². The van der Waals surface area contributed by atoms with E-state index in [1.54, 1.807) is 25.2 Å². The third-order valence-electron chi connectivity index (χ3n) is 3.97. The molecule has 0 aliphatic heterocycles. The van der Waals surface area contributed by atoms with Crippen LogP contribution >= 0.6 is 0 Å². The zero-order valence-electron chi connectivity index (χ0n) is 11.4. The number of aryl methyl sites for hydroxylation is 1. The van der Waals surface area contributed by atoms with E-state index in [0.29, 0.717) is 16.7 Å². The molecule has 0 spiro atoms. The van der Waals surface area contributed by atoms with Gasteiger partial charge in [-0.25, -0.2) is 14.2 Å². The Kier molecular flexibility index (Phi) is 3.00. The van der Waals surface area contributed by atoms with Gasteiger partial charge in [-0.1, -0.05) is 12.8 Å². The molecule has 0 radical (unpaired) electrons. The molecule has 6 heteroatoms. The van der Waals surface area contributed by atoms with Crippen LogP contribution in [0.5, 0.6) is 0 Å². The molecule has 1 aliphatic rings. The first-order chi connectivity index (χ1) is 9.58. The van der Waals surface area contributed by atoms with Gasteiger partial charge in [0.15, 0.2) is 0 Å². The van der Waals surface area contributed by atoms with Crippen LogP contribution in [0, 0.1) is 0 Å². The van der Waals surface area contributed by atoms with E-state index in [-0.39, 0.29) is 17.8 Å². The molecule has 3 rings (SSSR count). The summed E-state index contributed by atoms with van der Waals surface area (Å²) in [5.74, 6) is 0. The van der Waals surface area contributed by atoms with Gasteiger partial charge in [0.2, 0.25) is 0 Å². The number of nitrogens with zero attached hydrogens (tertiary/aromatic N) is 2. The monoisotopic (exact) mass is 274 g/mol. The van der Waals surface area contributed by atoms with Crippen LogP contribution in [0.15, 0.2) is 23.0 Å². The van der Waals surface area contributed by atoms with E-state index in [4.69, 9.17) is 5.73 Å². The van der Waals surface area contributed by atoms with Crippen LogP contribution in [0.1, 0.15) is 25.7 Å². The van der Waals surface area contributed by atoms with Crippen molar-refractivity contribution in [3.8, 4) is 0 Å². The molecule has 6 nitrogen and oxygen atoms in total. The zero-order chi connectivity index (χ0) is 14.3. The van der Waals surface area contributed by atoms with Crippen LogP contribution < -0.4 is 16.7 Å². The Morgan fingerprint density at radius 3 is 2.70 bits per heavy atom. The van der Waals surface area contributed by atoms with E-state index < -0.39 is 0 Å². The average Bonchev–Trinajstić information content (AvgIpc) is 2.98. The van der Waals surface area contributed by atoms with Crippen molar-refractivity contribution in [2.45, 2.75) is 31.7 Å². The fraction of sp³-hybridized carbons (Fsp3) is 0.429. The quantitative estimate of drug-likeness (QED) is 0.772. The molecule has 1 heterocycles. The van der Waals surface area contributed by atoms with Gasteiger partial charge in [-0.05, 0) is 31.0 Å². The molecule has 0 bridgehead atoms. The number of amides is 1. The first-order valence-corrected chi connectivity index (χ1v) is 6.86. The van der Waals surface area contributed by atoms with E-state index in [1.165, 1.54) is 9.13 Å². The lowest BCUT2D eigenvalue weighted by Gasteiger charge is -2.11. The van der Waals surface area contributed by atoms with Crippen molar-refractivity contribution in [1.29, 1.82) is 0 Å². The van der Waals surface area contributed by atoms with Crippen LogP contribution in [0.25, 0.3) is 11.0 Å². The number of nitrogen functional groups attached to an aromatic ring is 1. The smallest absolute Gasteiger partial charge is 0.337 e. The van der Waals surface area contributed by atoms with Crippen molar-refractivity contribution >= 4 is 22.8 Å². The second-order valence-electron chi connectivity index (χ2n) is 5.36. The first-order valence-electron chi connectivity index (χ1n) is 6.86. The van der Waals surface area contributed by atoms with Crippen LogP contribution in [0.4, 0.5) is 10.5 Å². The van der Waals surface area contributed by atoms with Crippen LogP contribution in [0.2, 0.25) is 0 Å². The van der Waals surface area contributed by atoms with E-state index in [9.17, 15) is 9.59 Å². The topological polar surface area (TPSA) is 82.0 Å². The molecule has 0 atom stereocenters. The van der Waals surface area contributed by atoms with Crippen LogP contribution in [0.3, 0.4) is 0 Å². The van der Waals surface area contributed by atoms with Gasteiger partial charge in [0, 0.05) is 18.8 Å². The predicted molar refractivity (Wildman–Crippen MR) is 77.8 cm³/mol. The number of carbonyl (C=O) groups is 1. The number of imidazole rings is 1. The standard InChI is InChI=1S/C14H18N4O2/c1-17-11-7-6-9(15)8-12(11)18(14(17)20)13(19)16-10-4-2-3-5-10/h6-8,10H,2-5,15H2,1H3,(H,16,19). The maximum absolute atomic E-state index is 12.4. The summed E-state index contributed by atoms with van der Waals surface area (Å²) in [7, 11) is 1.65. The Labute approximate surface area is 116 Å². The Bertz CT molecular complexity index is 723. The maximum Gasteiger partial charge on any atom is 0.337 e. The minimum atomic E-state index is -0.363. The van der Waals surface area contributed by atoms with Gasteiger partial charge in [-0.2, -0.15) is 0 Å². The molecule has 0 saturated heterocycles. The number of benzene rings is 1. The van der Waals surface area contributed by atoms with Crippen LogP contribution in [-0.4, -0.2) is 21.2 Å². The summed E-state index contributed by atoms with van der Waals surface area (Å²) in [6, 6.07) is 4.95. The highest BCUT2D eigenvalue weighted by Crippen LogP contribution is 2.19. The minimum absolute atomic E-state index is 0.172. The summed E-state index contributed by atoms with van der Waals surface area (Å²) in [5, 5.41) is 2.93. The molecule has 1 aromatic heterocycles. The molecule has 3 N–H and O–H groups in total. The van der Waals surface area contributed by atoms with Gasteiger partial charge in [0.05, 0.1) is 11.0 Å². The number of fused-ring (bicyclic) bond motifs is 1. The van der Waals surface area contributed by atoms with E-state index in [2.05, 4.69) is 5.32 Å². The van der Waals surface area contributed by atoms with E-state index in [1.807, 2.05) is 0 Å². The number of rotatable bonds is 1. The third-order valence-corrected chi connectivity index (χ3v) is 3.97. The molecule has 1 aromatic carbocycles. The maximum atomic E-state index is 12.4. The molecule has 1 fully saturated rings. The molecular formula is C14H18N4O2. The lowest BCUT2D eigenvalue weighted by Crippen LogP contribution is -2.40. The lowest BCUT2D eigenvalue weighted by atomic mass is 10.2. The van der Waals surface area contributed by atoms with Crippen molar-refractivity contribution in [3.63, 3.8) is 0 Å². The highest BCUT2D eigenvalue weighted by Gasteiger charge is 2.21.